The fourth-order valence-electron chi connectivity index (χ4n) is 3.38. The second-order valence-electron chi connectivity index (χ2n) is 6.14. The van der Waals surface area contributed by atoms with Gasteiger partial charge in [-0.3, -0.25) is 4.57 Å². The fraction of sp³-hybridized carbons (Fsp3) is 0.294. The second kappa shape index (κ2) is 5.93. The van der Waals surface area contributed by atoms with E-state index in [2.05, 4.69) is 20.2 Å². The fourth-order valence-corrected chi connectivity index (χ4v) is 3.55. The summed E-state index contributed by atoms with van der Waals surface area (Å²) in [6.07, 6.45) is 2.67. The monoisotopic (exact) mass is 370 g/mol. The quantitative estimate of drug-likeness (QED) is 0.581. The highest BCUT2D eigenvalue weighted by Gasteiger charge is 2.28. The number of aromatic nitrogens is 5. The summed E-state index contributed by atoms with van der Waals surface area (Å²) in [4.78, 5) is 9.03. The molecule has 0 fully saturated rings. The van der Waals surface area contributed by atoms with Crippen LogP contribution in [-0.4, -0.2) is 48.5 Å². The largest absolute Gasteiger partial charge is 0.476 e. The van der Waals surface area contributed by atoms with Gasteiger partial charge < -0.3 is 14.4 Å². The first-order valence-electron chi connectivity index (χ1n) is 8.33. The van der Waals surface area contributed by atoms with E-state index in [0.29, 0.717) is 41.4 Å². The van der Waals surface area contributed by atoms with Gasteiger partial charge in [0.25, 0.3) is 0 Å². The van der Waals surface area contributed by atoms with Crippen LogP contribution in [0.1, 0.15) is 23.6 Å². The summed E-state index contributed by atoms with van der Waals surface area (Å²) in [6.45, 7) is 1.61. The average Bonchev–Trinajstić information content (AvgIpc) is 3.24. The van der Waals surface area contributed by atoms with Gasteiger partial charge in [-0.25, -0.2) is 9.98 Å². The van der Waals surface area contributed by atoms with E-state index in [1.54, 1.807) is 6.33 Å². The molecule has 0 amide bonds. The zero-order valence-electron chi connectivity index (χ0n) is 13.8. The summed E-state index contributed by atoms with van der Waals surface area (Å²) >= 11 is 6.22. The molecule has 2 aromatic heterocycles. The third-order valence-electron chi connectivity index (χ3n) is 4.60. The maximum Gasteiger partial charge on any atom is 0.237 e. The van der Waals surface area contributed by atoms with Crippen molar-refractivity contribution in [1.29, 1.82) is 0 Å². The van der Waals surface area contributed by atoms with Crippen molar-refractivity contribution >= 4 is 17.5 Å². The van der Waals surface area contributed by atoms with Crippen molar-refractivity contribution < 1.29 is 9.84 Å². The van der Waals surface area contributed by atoms with Gasteiger partial charge in [0, 0.05) is 23.6 Å². The van der Waals surface area contributed by atoms with Crippen LogP contribution >= 0.6 is 11.6 Å². The SMILES string of the molecule is OCc1nnc2n1Cc1c(C3=NCCCO3)ncn1-c1ccc(Cl)cc1-2. The lowest BCUT2D eigenvalue weighted by atomic mass is 10.1. The molecule has 26 heavy (non-hydrogen) atoms. The van der Waals surface area contributed by atoms with E-state index in [9.17, 15) is 5.11 Å². The second-order valence-corrected chi connectivity index (χ2v) is 6.58. The van der Waals surface area contributed by atoms with Gasteiger partial charge in [-0.15, -0.1) is 10.2 Å². The van der Waals surface area contributed by atoms with E-state index in [1.165, 1.54) is 0 Å². The lowest BCUT2D eigenvalue weighted by Crippen LogP contribution is -2.18. The van der Waals surface area contributed by atoms with Crippen LogP contribution < -0.4 is 0 Å². The van der Waals surface area contributed by atoms with Crippen LogP contribution in [0.3, 0.4) is 0 Å². The van der Waals surface area contributed by atoms with E-state index >= 15 is 0 Å². The number of benzene rings is 1. The zero-order valence-corrected chi connectivity index (χ0v) is 14.5. The molecule has 1 aromatic carbocycles. The van der Waals surface area contributed by atoms with Crippen LogP contribution in [0.2, 0.25) is 5.02 Å². The molecule has 0 radical (unpaired) electrons. The van der Waals surface area contributed by atoms with Crippen LogP contribution in [0.4, 0.5) is 0 Å². The van der Waals surface area contributed by atoms with Crippen LogP contribution in [0.15, 0.2) is 29.5 Å². The van der Waals surface area contributed by atoms with Gasteiger partial charge in [-0.2, -0.15) is 0 Å². The summed E-state index contributed by atoms with van der Waals surface area (Å²) in [7, 11) is 0. The normalized spacial score (nSPS) is 15.4. The first-order chi connectivity index (χ1) is 12.8. The number of hydrogen-bond acceptors (Lipinski definition) is 6. The highest BCUT2D eigenvalue weighted by Crippen LogP contribution is 2.34. The summed E-state index contributed by atoms with van der Waals surface area (Å²) in [6, 6.07) is 5.61. The van der Waals surface area contributed by atoms with Gasteiger partial charge >= 0.3 is 0 Å². The molecule has 2 aliphatic heterocycles. The van der Waals surface area contributed by atoms with E-state index in [0.717, 1.165) is 29.9 Å². The predicted molar refractivity (Wildman–Crippen MR) is 94.6 cm³/mol. The standard InChI is InChI=1S/C17H15ClN6O2/c18-10-2-3-12-11(6-10)16-22-21-14(8-25)23(16)7-13-15(20-9-24(12)13)17-19-4-1-5-26-17/h2-3,6,9,25H,1,4-5,7-8H2. The first kappa shape index (κ1) is 15.5. The maximum atomic E-state index is 9.67. The molecule has 0 atom stereocenters. The van der Waals surface area contributed by atoms with Gasteiger partial charge in [-0.05, 0) is 18.2 Å². The molecule has 0 saturated carbocycles. The van der Waals surface area contributed by atoms with Crippen molar-refractivity contribution in [2.75, 3.05) is 13.2 Å². The molecular weight excluding hydrogens is 356 g/mol. The number of halogens is 1. The molecule has 0 unspecified atom stereocenters. The number of aliphatic hydroxyl groups is 1. The molecule has 8 nitrogen and oxygen atoms in total. The Hall–Kier alpha value is -2.71. The summed E-state index contributed by atoms with van der Waals surface area (Å²) in [5.74, 6) is 1.70. The molecule has 4 heterocycles. The number of hydrogen-bond donors (Lipinski definition) is 1. The Kier molecular flexibility index (Phi) is 3.54. The van der Waals surface area contributed by atoms with Gasteiger partial charge in [0.1, 0.15) is 18.6 Å². The Labute approximate surface area is 153 Å². The van der Waals surface area contributed by atoms with Gasteiger partial charge in [0.15, 0.2) is 11.6 Å². The van der Waals surface area contributed by atoms with Gasteiger partial charge in [-0.1, -0.05) is 11.6 Å². The molecule has 0 saturated heterocycles. The molecule has 1 N–H and O–H groups in total. The summed E-state index contributed by atoms with van der Waals surface area (Å²) < 4.78 is 9.60. The van der Waals surface area contributed by atoms with Crippen LogP contribution in [-0.2, 0) is 17.9 Å². The lowest BCUT2D eigenvalue weighted by molar-refractivity contribution is 0.265. The molecular formula is C17H15ClN6O2. The Bertz CT molecular complexity index is 1040. The molecule has 0 bridgehead atoms. The smallest absolute Gasteiger partial charge is 0.237 e. The number of aliphatic hydroxyl groups excluding tert-OH is 1. The van der Waals surface area contributed by atoms with Crippen LogP contribution in [0.5, 0.6) is 0 Å². The van der Waals surface area contributed by atoms with E-state index in [1.807, 2.05) is 27.3 Å². The number of fused-ring (bicyclic) bond motifs is 5. The number of nitrogens with zero attached hydrogens (tertiary/aromatic N) is 6. The van der Waals surface area contributed by atoms with Gasteiger partial charge in [0.2, 0.25) is 5.90 Å². The lowest BCUT2D eigenvalue weighted by Gasteiger charge is -2.14. The van der Waals surface area contributed by atoms with Crippen LogP contribution in [0.25, 0.3) is 17.1 Å². The molecule has 5 rings (SSSR count). The van der Waals surface area contributed by atoms with Crippen molar-refractivity contribution in [3.8, 4) is 17.1 Å². The topological polar surface area (TPSA) is 90.3 Å². The minimum absolute atomic E-state index is 0.205. The highest BCUT2D eigenvalue weighted by atomic mass is 35.5. The highest BCUT2D eigenvalue weighted by molar-refractivity contribution is 6.31. The number of aliphatic imine (C=N–C) groups is 1. The Morgan fingerprint density at radius 3 is 3.00 bits per heavy atom. The Balaban J connectivity index is 1.78. The number of ether oxygens (including phenoxy) is 1. The summed E-state index contributed by atoms with van der Waals surface area (Å²) in [5, 5.41) is 18.7. The Morgan fingerprint density at radius 2 is 2.19 bits per heavy atom. The van der Waals surface area contributed by atoms with Crippen molar-refractivity contribution in [3.05, 3.63) is 46.8 Å². The summed E-state index contributed by atoms with van der Waals surface area (Å²) in [5.41, 5.74) is 3.34. The molecule has 3 aromatic rings. The predicted octanol–water partition coefficient (Wildman–Crippen LogP) is 1.81. The minimum atomic E-state index is -0.205. The third-order valence-corrected chi connectivity index (χ3v) is 4.84. The first-order valence-corrected chi connectivity index (χ1v) is 8.71. The van der Waals surface area contributed by atoms with Crippen molar-refractivity contribution in [2.24, 2.45) is 4.99 Å². The third kappa shape index (κ3) is 2.26. The van der Waals surface area contributed by atoms with Crippen molar-refractivity contribution in [1.82, 2.24) is 24.3 Å². The van der Waals surface area contributed by atoms with Crippen molar-refractivity contribution in [2.45, 2.75) is 19.6 Å². The zero-order chi connectivity index (χ0) is 17.7. The maximum absolute atomic E-state index is 9.67. The number of imidazole rings is 1. The van der Waals surface area contributed by atoms with E-state index in [-0.39, 0.29) is 6.61 Å². The van der Waals surface area contributed by atoms with Gasteiger partial charge in [0.05, 0.1) is 24.5 Å². The molecule has 0 aliphatic carbocycles. The van der Waals surface area contributed by atoms with Crippen LogP contribution in [0, 0.1) is 0 Å². The molecule has 0 spiro atoms. The molecule has 9 heteroatoms. The number of rotatable bonds is 2. The minimum Gasteiger partial charge on any atom is -0.476 e. The van der Waals surface area contributed by atoms with E-state index < -0.39 is 0 Å². The Morgan fingerprint density at radius 1 is 1.27 bits per heavy atom. The average molecular weight is 371 g/mol. The molecule has 2 aliphatic rings. The van der Waals surface area contributed by atoms with E-state index in [4.69, 9.17) is 16.3 Å². The van der Waals surface area contributed by atoms with Crippen molar-refractivity contribution in [3.63, 3.8) is 0 Å². The molecule has 132 valence electrons.